The first-order valence-corrected chi connectivity index (χ1v) is 7.98. The van der Waals surface area contributed by atoms with Crippen LogP contribution in [0.15, 0.2) is 4.52 Å². The first kappa shape index (κ1) is 14.5. The number of hydrogen-bond donors (Lipinski definition) is 1. The van der Waals surface area contributed by atoms with Crippen LogP contribution in [0.3, 0.4) is 0 Å². The lowest BCUT2D eigenvalue weighted by molar-refractivity contribution is -0.123. The fourth-order valence-electron chi connectivity index (χ4n) is 3.16. The first-order chi connectivity index (χ1) is 10.3. The van der Waals surface area contributed by atoms with Crippen LogP contribution in [0.4, 0.5) is 0 Å². The van der Waals surface area contributed by atoms with E-state index in [2.05, 4.69) is 15.5 Å². The van der Waals surface area contributed by atoms with Crippen LogP contribution in [0.2, 0.25) is 0 Å². The lowest BCUT2D eigenvalue weighted by Crippen LogP contribution is -2.28. The van der Waals surface area contributed by atoms with Gasteiger partial charge in [0, 0.05) is 25.6 Å². The second kappa shape index (κ2) is 7.02. The quantitative estimate of drug-likeness (QED) is 0.900. The van der Waals surface area contributed by atoms with Crippen molar-refractivity contribution in [3.63, 3.8) is 0 Å². The van der Waals surface area contributed by atoms with Gasteiger partial charge in [0.15, 0.2) is 5.82 Å². The molecule has 21 heavy (non-hydrogen) atoms. The summed E-state index contributed by atoms with van der Waals surface area (Å²) in [5.41, 5.74) is 0. The fourth-order valence-corrected chi connectivity index (χ4v) is 3.16. The van der Waals surface area contributed by atoms with E-state index in [1.54, 1.807) is 0 Å². The molecule has 1 unspecified atom stereocenters. The van der Waals surface area contributed by atoms with Crippen molar-refractivity contribution < 1.29 is 14.1 Å². The highest BCUT2D eigenvalue weighted by atomic mass is 16.5. The topological polar surface area (TPSA) is 77.2 Å². The van der Waals surface area contributed by atoms with Gasteiger partial charge >= 0.3 is 0 Å². The van der Waals surface area contributed by atoms with Crippen LogP contribution in [0.5, 0.6) is 0 Å². The maximum Gasteiger partial charge on any atom is 0.229 e. The predicted molar refractivity (Wildman–Crippen MR) is 75.5 cm³/mol. The zero-order valence-electron chi connectivity index (χ0n) is 12.3. The minimum Gasteiger partial charge on any atom is -0.381 e. The van der Waals surface area contributed by atoms with E-state index in [-0.39, 0.29) is 5.91 Å². The molecule has 6 heteroatoms. The number of carbonyl (C=O) groups is 1. The van der Waals surface area contributed by atoms with E-state index in [0.717, 1.165) is 38.2 Å². The molecule has 1 amide bonds. The SMILES string of the molecule is O=C(CC1CCCOC1)NCc1noc(C2CCCC2)n1. The van der Waals surface area contributed by atoms with Gasteiger partial charge in [0.05, 0.1) is 6.54 Å². The summed E-state index contributed by atoms with van der Waals surface area (Å²) in [5, 5.41) is 6.82. The Morgan fingerprint density at radius 2 is 2.10 bits per heavy atom. The first-order valence-electron chi connectivity index (χ1n) is 7.98. The summed E-state index contributed by atoms with van der Waals surface area (Å²) in [5.74, 6) is 2.11. The van der Waals surface area contributed by atoms with Gasteiger partial charge < -0.3 is 14.6 Å². The van der Waals surface area contributed by atoms with Crippen molar-refractivity contribution in [3.05, 3.63) is 11.7 Å². The number of amides is 1. The van der Waals surface area contributed by atoms with Crippen molar-refractivity contribution in [2.75, 3.05) is 13.2 Å². The Labute approximate surface area is 124 Å². The highest BCUT2D eigenvalue weighted by molar-refractivity contribution is 5.76. The molecule has 1 atom stereocenters. The normalized spacial score (nSPS) is 23.3. The maximum atomic E-state index is 11.9. The zero-order chi connectivity index (χ0) is 14.5. The van der Waals surface area contributed by atoms with Crippen LogP contribution in [-0.4, -0.2) is 29.3 Å². The molecule has 1 saturated carbocycles. The van der Waals surface area contributed by atoms with Crippen LogP contribution in [0.25, 0.3) is 0 Å². The number of ether oxygens (including phenoxy) is 1. The summed E-state index contributed by atoms with van der Waals surface area (Å²) in [6, 6.07) is 0. The standard InChI is InChI=1S/C15H23N3O3/c19-14(8-11-4-3-7-20-10-11)16-9-13-17-15(21-18-13)12-5-1-2-6-12/h11-12H,1-10H2,(H,16,19). The minimum absolute atomic E-state index is 0.0396. The lowest BCUT2D eigenvalue weighted by Gasteiger charge is -2.21. The van der Waals surface area contributed by atoms with E-state index in [9.17, 15) is 4.79 Å². The Kier molecular flexibility index (Phi) is 4.85. The smallest absolute Gasteiger partial charge is 0.229 e. The molecule has 6 nitrogen and oxygen atoms in total. The zero-order valence-corrected chi connectivity index (χ0v) is 12.3. The van der Waals surface area contributed by atoms with Crippen molar-refractivity contribution in [2.24, 2.45) is 5.92 Å². The van der Waals surface area contributed by atoms with Gasteiger partial charge in [0.25, 0.3) is 0 Å². The van der Waals surface area contributed by atoms with Gasteiger partial charge in [-0.05, 0) is 31.6 Å². The summed E-state index contributed by atoms with van der Waals surface area (Å²) < 4.78 is 10.7. The van der Waals surface area contributed by atoms with Crippen molar-refractivity contribution >= 4 is 5.91 Å². The largest absolute Gasteiger partial charge is 0.381 e. The van der Waals surface area contributed by atoms with Gasteiger partial charge in [-0.1, -0.05) is 18.0 Å². The van der Waals surface area contributed by atoms with Gasteiger partial charge in [0.2, 0.25) is 11.8 Å². The average molecular weight is 293 g/mol. The molecule has 2 aliphatic rings. The Hall–Kier alpha value is -1.43. The summed E-state index contributed by atoms with van der Waals surface area (Å²) in [6.45, 7) is 1.87. The monoisotopic (exact) mass is 293 g/mol. The second-order valence-corrected chi connectivity index (χ2v) is 6.09. The molecule has 2 heterocycles. The van der Waals surface area contributed by atoms with Crippen LogP contribution < -0.4 is 5.32 Å². The Balaban J connectivity index is 1.42. The molecule has 3 rings (SSSR count). The number of nitrogens with zero attached hydrogens (tertiary/aromatic N) is 2. The molecule has 1 aliphatic carbocycles. The van der Waals surface area contributed by atoms with E-state index in [1.165, 1.54) is 12.8 Å². The molecular formula is C15H23N3O3. The van der Waals surface area contributed by atoms with Crippen LogP contribution in [0, 0.1) is 5.92 Å². The highest BCUT2D eigenvalue weighted by Gasteiger charge is 2.23. The summed E-state index contributed by atoms with van der Waals surface area (Å²) in [6.07, 6.45) is 7.39. The van der Waals surface area contributed by atoms with Crippen molar-refractivity contribution in [1.29, 1.82) is 0 Å². The second-order valence-electron chi connectivity index (χ2n) is 6.09. The van der Waals surface area contributed by atoms with E-state index >= 15 is 0 Å². The third-order valence-corrected chi connectivity index (χ3v) is 4.36. The number of hydrogen-bond acceptors (Lipinski definition) is 5. The molecule has 1 aliphatic heterocycles. The van der Waals surface area contributed by atoms with E-state index in [4.69, 9.17) is 9.26 Å². The Bertz CT molecular complexity index is 462. The highest BCUT2D eigenvalue weighted by Crippen LogP contribution is 2.32. The number of carbonyl (C=O) groups excluding carboxylic acids is 1. The molecule has 1 saturated heterocycles. The summed E-state index contributed by atoms with van der Waals surface area (Å²) in [7, 11) is 0. The molecule has 0 radical (unpaired) electrons. The molecule has 1 aromatic heterocycles. The van der Waals surface area contributed by atoms with Gasteiger partial charge in [-0.2, -0.15) is 4.98 Å². The van der Waals surface area contributed by atoms with Crippen molar-refractivity contribution in [3.8, 4) is 0 Å². The molecule has 1 N–H and O–H groups in total. The van der Waals surface area contributed by atoms with E-state index < -0.39 is 0 Å². The molecular weight excluding hydrogens is 270 g/mol. The summed E-state index contributed by atoms with van der Waals surface area (Å²) >= 11 is 0. The summed E-state index contributed by atoms with van der Waals surface area (Å²) in [4.78, 5) is 16.3. The van der Waals surface area contributed by atoms with Crippen LogP contribution >= 0.6 is 0 Å². The molecule has 0 spiro atoms. The van der Waals surface area contributed by atoms with Crippen molar-refractivity contribution in [1.82, 2.24) is 15.5 Å². The lowest BCUT2D eigenvalue weighted by atomic mass is 9.98. The fraction of sp³-hybridized carbons (Fsp3) is 0.800. The van der Waals surface area contributed by atoms with Crippen molar-refractivity contribution in [2.45, 2.75) is 57.4 Å². The predicted octanol–water partition coefficient (Wildman–Crippen LogP) is 2.16. The van der Waals surface area contributed by atoms with E-state index in [1.807, 2.05) is 0 Å². The van der Waals surface area contributed by atoms with Gasteiger partial charge in [-0.25, -0.2) is 0 Å². The third kappa shape index (κ3) is 4.03. The van der Waals surface area contributed by atoms with Gasteiger partial charge in [-0.3, -0.25) is 4.79 Å². The van der Waals surface area contributed by atoms with Gasteiger partial charge in [-0.15, -0.1) is 0 Å². The van der Waals surface area contributed by atoms with Crippen LogP contribution in [-0.2, 0) is 16.1 Å². The maximum absolute atomic E-state index is 11.9. The molecule has 0 aromatic carbocycles. The van der Waals surface area contributed by atoms with Gasteiger partial charge in [0.1, 0.15) is 0 Å². The Morgan fingerprint density at radius 1 is 1.24 bits per heavy atom. The Morgan fingerprint density at radius 3 is 2.86 bits per heavy atom. The molecule has 0 bridgehead atoms. The third-order valence-electron chi connectivity index (χ3n) is 4.36. The number of nitrogens with one attached hydrogen (secondary N) is 1. The minimum atomic E-state index is 0.0396. The molecule has 2 fully saturated rings. The average Bonchev–Trinajstić information content (AvgIpc) is 3.17. The number of aromatic nitrogens is 2. The number of rotatable bonds is 5. The molecule has 1 aromatic rings. The van der Waals surface area contributed by atoms with Crippen LogP contribution in [0.1, 0.15) is 62.6 Å². The van der Waals surface area contributed by atoms with E-state index in [0.29, 0.717) is 37.2 Å². The molecule has 116 valence electrons.